The second-order valence-corrected chi connectivity index (χ2v) is 8.82. The summed E-state index contributed by atoms with van der Waals surface area (Å²) in [6, 6.07) is 14.4. The van der Waals surface area contributed by atoms with Crippen molar-refractivity contribution in [1.82, 2.24) is 4.90 Å². The van der Waals surface area contributed by atoms with E-state index in [4.69, 9.17) is 11.6 Å². The number of nitrogens with zero attached hydrogens (tertiary/aromatic N) is 1. The zero-order chi connectivity index (χ0) is 19.9. The smallest absolute Gasteiger partial charge is 0.278 e. The Morgan fingerprint density at radius 3 is 2.79 bits per heavy atom. The molecule has 0 saturated carbocycles. The van der Waals surface area contributed by atoms with Gasteiger partial charge in [-0.15, -0.1) is 11.8 Å². The summed E-state index contributed by atoms with van der Waals surface area (Å²) in [6.07, 6.45) is 2.18. The van der Waals surface area contributed by atoms with Crippen molar-refractivity contribution >= 4 is 29.3 Å². The van der Waals surface area contributed by atoms with Gasteiger partial charge < -0.3 is 9.80 Å². The van der Waals surface area contributed by atoms with Gasteiger partial charge in [0.25, 0.3) is 5.91 Å². The molecule has 3 nitrogen and oxygen atoms in total. The molecule has 1 fully saturated rings. The van der Waals surface area contributed by atoms with Crippen LogP contribution in [0.15, 0.2) is 48.5 Å². The molecule has 1 aliphatic heterocycles. The normalized spacial score (nSPS) is 17.7. The number of rotatable bonds is 8. The summed E-state index contributed by atoms with van der Waals surface area (Å²) in [5, 5.41) is 0.706. The van der Waals surface area contributed by atoms with Crippen LogP contribution in [0.4, 0.5) is 4.39 Å². The van der Waals surface area contributed by atoms with E-state index in [1.54, 1.807) is 23.9 Å². The Morgan fingerprint density at radius 2 is 2.07 bits per heavy atom. The maximum Gasteiger partial charge on any atom is 0.278 e. The van der Waals surface area contributed by atoms with Crippen LogP contribution in [-0.2, 0) is 11.3 Å². The molecule has 3 rings (SSSR count). The van der Waals surface area contributed by atoms with Crippen molar-refractivity contribution in [1.29, 1.82) is 0 Å². The minimum absolute atomic E-state index is 0.0216. The molecule has 0 aromatic heterocycles. The van der Waals surface area contributed by atoms with E-state index in [0.717, 1.165) is 54.4 Å². The first-order valence-electron chi connectivity index (χ1n) is 9.81. The number of carbonyl (C=O) groups excluding carboxylic acids is 1. The maximum atomic E-state index is 13.3. The van der Waals surface area contributed by atoms with Crippen LogP contribution in [0.5, 0.6) is 0 Å². The molecule has 0 bridgehead atoms. The number of carbonyl (C=O) groups is 1. The minimum Gasteiger partial charge on any atom is -0.323 e. The predicted molar refractivity (Wildman–Crippen MR) is 114 cm³/mol. The van der Waals surface area contributed by atoms with Crippen molar-refractivity contribution in [2.75, 3.05) is 25.4 Å². The fourth-order valence-corrected chi connectivity index (χ4v) is 5.04. The van der Waals surface area contributed by atoms with Gasteiger partial charge in [0, 0.05) is 22.9 Å². The number of nitrogens with one attached hydrogen (secondary N) is 1. The maximum absolute atomic E-state index is 13.3. The number of halogens is 2. The molecule has 1 heterocycles. The van der Waals surface area contributed by atoms with Gasteiger partial charge in [-0.05, 0) is 36.2 Å². The Morgan fingerprint density at radius 1 is 1.29 bits per heavy atom. The van der Waals surface area contributed by atoms with E-state index in [0.29, 0.717) is 6.54 Å². The van der Waals surface area contributed by atoms with Crippen molar-refractivity contribution in [3.05, 3.63) is 70.5 Å². The van der Waals surface area contributed by atoms with Crippen LogP contribution in [0.25, 0.3) is 0 Å². The first kappa shape index (κ1) is 21.2. The highest BCUT2D eigenvalue weighted by Gasteiger charge is 2.32. The molecule has 1 amide bonds. The molecule has 1 unspecified atom stereocenters. The molecule has 150 valence electrons. The molecule has 0 radical (unpaired) electrons. The van der Waals surface area contributed by atoms with E-state index in [-0.39, 0.29) is 17.1 Å². The van der Waals surface area contributed by atoms with Crippen LogP contribution in [0.3, 0.4) is 0 Å². The quantitative estimate of drug-likeness (QED) is 0.698. The van der Waals surface area contributed by atoms with Crippen molar-refractivity contribution in [2.24, 2.45) is 0 Å². The van der Waals surface area contributed by atoms with E-state index in [9.17, 15) is 9.18 Å². The lowest BCUT2D eigenvalue weighted by molar-refractivity contribution is -0.906. The SMILES string of the molecule is CCCC[NH+](CC(=O)N1CCS[C@H]1c1ccc(F)cc1)Cc1cccc(Cl)c1. The Labute approximate surface area is 175 Å². The van der Waals surface area contributed by atoms with Crippen LogP contribution in [0.2, 0.25) is 5.02 Å². The Hall–Kier alpha value is -1.56. The lowest BCUT2D eigenvalue weighted by Crippen LogP contribution is -3.12. The Balaban J connectivity index is 1.68. The summed E-state index contributed by atoms with van der Waals surface area (Å²) in [6.45, 7) is 5.11. The number of amides is 1. The summed E-state index contributed by atoms with van der Waals surface area (Å²) >= 11 is 7.87. The summed E-state index contributed by atoms with van der Waals surface area (Å²) in [5.41, 5.74) is 2.14. The number of benzene rings is 2. The zero-order valence-corrected chi connectivity index (χ0v) is 17.7. The van der Waals surface area contributed by atoms with Gasteiger partial charge >= 0.3 is 0 Å². The van der Waals surface area contributed by atoms with E-state index in [1.807, 2.05) is 23.1 Å². The first-order chi connectivity index (χ1) is 13.6. The third-order valence-corrected chi connectivity index (χ3v) is 6.49. The average Bonchev–Trinajstić information content (AvgIpc) is 3.16. The second-order valence-electron chi connectivity index (χ2n) is 7.20. The molecule has 1 N–H and O–H groups in total. The van der Waals surface area contributed by atoms with Crippen LogP contribution in [0, 0.1) is 5.82 Å². The fourth-order valence-electron chi connectivity index (χ4n) is 3.55. The van der Waals surface area contributed by atoms with Crippen LogP contribution in [-0.4, -0.2) is 36.2 Å². The highest BCUT2D eigenvalue weighted by molar-refractivity contribution is 7.99. The molecule has 1 aliphatic rings. The van der Waals surface area contributed by atoms with E-state index < -0.39 is 0 Å². The van der Waals surface area contributed by atoms with Gasteiger partial charge in [-0.3, -0.25) is 4.79 Å². The van der Waals surface area contributed by atoms with Gasteiger partial charge in [-0.2, -0.15) is 0 Å². The Bertz CT molecular complexity index is 786. The number of quaternary nitrogens is 1. The standard InChI is InChI=1S/C22H26ClFN2OS/c1-2-3-11-25(15-17-5-4-6-19(23)14-17)16-21(27)26-12-13-28-22(26)18-7-9-20(24)10-8-18/h4-10,14,22H,2-3,11-13,15-16H2,1H3/p+1/t22-/m0/s1. The molecule has 28 heavy (non-hydrogen) atoms. The van der Waals surface area contributed by atoms with Crippen molar-refractivity contribution < 1.29 is 14.1 Å². The summed E-state index contributed by atoms with van der Waals surface area (Å²) < 4.78 is 13.3. The topological polar surface area (TPSA) is 24.8 Å². The third kappa shape index (κ3) is 5.72. The molecule has 1 saturated heterocycles. The summed E-state index contributed by atoms with van der Waals surface area (Å²) in [4.78, 5) is 16.3. The fraction of sp³-hybridized carbons (Fsp3) is 0.409. The van der Waals surface area contributed by atoms with E-state index >= 15 is 0 Å². The monoisotopic (exact) mass is 421 g/mol. The molecule has 0 aliphatic carbocycles. The van der Waals surface area contributed by atoms with Gasteiger partial charge in [-0.1, -0.05) is 49.2 Å². The van der Waals surface area contributed by atoms with Crippen LogP contribution in [0.1, 0.15) is 36.3 Å². The molecular weight excluding hydrogens is 395 g/mol. The highest BCUT2D eigenvalue weighted by atomic mass is 35.5. The van der Waals surface area contributed by atoms with Crippen LogP contribution < -0.4 is 4.90 Å². The molecule has 2 aromatic rings. The van der Waals surface area contributed by atoms with Gasteiger partial charge in [0.1, 0.15) is 17.7 Å². The van der Waals surface area contributed by atoms with Crippen molar-refractivity contribution in [3.63, 3.8) is 0 Å². The highest BCUT2D eigenvalue weighted by Crippen LogP contribution is 2.37. The molecule has 0 spiro atoms. The van der Waals surface area contributed by atoms with Gasteiger partial charge in [-0.25, -0.2) is 4.39 Å². The second kappa shape index (κ2) is 10.3. The minimum atomic E-state index is -0.249. The lowest BCUT2D eigenvalue weighted by atomic mass is 10.2. The Kier molecular flexibility index (Phi) is 7.77. The number of hydrogen-bond donors (Lipinski definition) is 1. The van der Waals surface area contributed by atoms with E-state index in [2.05, 4.69) is 13.0 Å². The predicted octanol–water partition coefficient (Wildman–Crippen LogP) is 3.94. The van der Waals surface area contributed by atoms with Crippen molar-refractivity contribution in [3.8, 4) is 0 Å². The first-order valence-corrected chi connectivity index (χ1v) is 11.2. The average molecular weight is 422 g/mol. The van der Waals surface area contributed by atoms with E-state index in [1.165, 1.54) is 17.0 Å². The molecule has 6 heteroatoms. The summed E-state index contributed by atoms with van der Waals surface area (Å²) in [7, 11) is 0. The van der Waals surface area contributed by atoms with Gasteiger partial charge in [0.2, 0.25) is 0 Å². The zero-order valence-electron chi connectivity index (χ0n) is 16.2. The third-order valence-electron chi connectivity index (χ3n) is 4.99. The van der Waals surface area contributed by atoms with Crippen LogP contribution >= 0.6 is 23.4 Å². The lowest BCUT2D eigenvalue weighted by Gasteiger charge is -2.27. The van der Waals surface area contributed by atoms with Gasteiger partial charge in [0.15, 0.2) is 6.54 Å². The molecular formula is C22H27ClFN2OS+. The number of hydrogen-bond acceptors (Lipinski definition) is 2. The largest absolute Gasteiger partial charge is 0.323 e. The number of thioether (sulfide) groups is 1. The number of unbranched alkanes of at least 4 members (excludes halogenated alkanes) is 1. The molecule has 2 atom stereocenters. The summed E-state index contributed by atoms with van der Waals surface area (Å²) in [5.74, 6) is 0.820. The molecule has 2 aromatic carbocycles. The van der Waals surface area contributed by atoms with Crippen molar-refractivity contribution in [2.45, 2.75) is 31.7 Å². The van der Waals surface area contributed by atoms with Gasteiger partial charge in [0.05, 0.1) is 6.54 Å².